The molecule has 1 aromatic carbocycles. The molecule has 0 aliphatic rings. The van der Waals surface area contributed by atoms with Crippen LogP contribution in [-0.2, 0) is 4.79 Å². The monoisotopic (exact) mass is 252 g/mol. The standard InChI is InChI=1S/C13H20N2O3/c1-4-5-10(14)13(16)15-11-8-9(17-2)6-7-12(11)18-3/h6-8,10H,4-5,14H2,1-3H3,(H,15,16)/t10-/m0/s1. The van der Waals surface area contributed by atoms with Gasteiger partial charge in [-0.15, -0.1) is 0 Å². The molecule has 1 amide bonds. The third-order valence-electron chi connectivity index (χ3n) is 2.60. The van der Waals surface area contributed by atoms with Crippen LogP contribution in [0.4, 0.5) is 5.69 Å². The van der Waals surface area contributed by atoms with Gasteiger partial charge in [-0.05, 0) is 18.6 Å². The molecule has 0 spiro atoms. The maximum atomic E-state index is 11.8. The summed E-state index contributed by atoms with van der Waals surface area (Å²) in [4.78, 5) is 11.8. The average molecular weight is 252 g/mol. The molecule has 0 saturated carbocycles. The normalized spacial score (nSPS) is 11.8. The lowest BCUT2D eigenvalue weighted by Gasteiger charge is -2.14. The van der Waals surface area contributed by atoms with Gasteiger partial charge < -0.3 is 20.5 Å². The van der Waals surface area contributed by atoms with E-state index < -0.39 is 6.04 Å². The minimum absolute atomic E-state index is 0.219. The second-order valence-corrected chi connectivity index (χ2v) is 3.95. The molecule has 0 bridgehead atoms. The van der Waals surface area contributed by atoms with Crippen molar-refractivity contribution in [1.29, 1.82) is 0 Å². The average Bonchev–Trinajstić information content (AvgIpc) is 2.38. The molecule has 1 atom stereocenters. The summed E-state index contributed by atoms with van der Waals surface area (Å²) >= 11 is 0. The lowest BCUT2D eigenvalue weighted by Crippen LogP contribution is -2.35. The van der Waals surface area contributed by atoms with Crippen LogP contribution >= 0.6 is 0 Å². The molecular weight excluding hydrogens is 232 g/mol. The number of benzene rings is 1. The smallest absolute Gasteiger partial charge is 0.241 e. The number of nitrogens with one attached hydrogen (secondary N) is 1. The quantitative estimate of drug-likeness (QED) is 0.809. The highest BCUT2D eigenvalue weighted by Gasteiger charge is 2.15. The summed E-state index contributed by atoms with van der Waals surface area (Å²) < 4.78 is 10.3. The number of hydrogen-bond acceptors (Lipinski definition) is 4. The Hall–Kier alpha value is -1.75. The molecule has 1 rings (SSSR count). The second-order valence-electron chi connectivity index (χ2n) is 3.95. The molecule has 0 aliphatic carbocycles. The fourth-order valence-electron chi connectivity index (χ4n) is 1.58. The third-order valence-corrected chi connectivity index (χ3v) is 2.60. The van der Waals surface area contributed by atoms with Crippen molar-refractivity contribution in [2.75, 3.05) is 19.5 Å². The Kier molecular flexibility index (Phi) is 5.45. The molecule has 0 aromatic heterocycles. The Labute approximate surface area is 107 Å². The molecule has 5 nitrogen and oxygen atoms in total. The Bertz CT molecular complexity index is 407. The highest BCUT2D eigenvalue weighted by Crippen LogP contribution is 2.28. The van der Waals surface area contributed by atoms with Gasteiger partial charge in [0.15, 0.2) is 0 Å². The number of ether oxygens (including phenoxy) is 2. The molecule has 0 unspecified atom stereocenters. The summed E-state index contributed by atoms with van der Waals surface area (Å²) in [6, 6.07) is 4.70. The van der Waals surface area contributed by atoms with Gasteiger partial charge in [0.05, 0.1) is 25.9 Å². The summed E-state index contributed by atoms with van der Waals surface area (Å²) in [5.41, 5.74) is 6.32. The van der Waals surface area contributed by atoms with E-state index in [1.54, 1.807) is 32.4 Å². The van der Waals surface area contributed by atoms with E-state index in [0.29, 0.717) is 23.6 Å². The number of amides is 1. The minimum atomic E-state index is -0.508. The number of carbonyl (C=O) groups is 1. The molecule has 0 heterocycles. The highest BCUT2D eigenvalue weighted by molar-refractivity contribution is 5.96. The van der Waals surface area contributed by atoms with Gasteiger partial charge in [0.25, 0.3) is 0 Å². The van der Waals surface area contributed by atoms with Gasteiger partial charge >= 0.3 is 0 Å². The van der Waals surface area contributed by atoms with E-state index in [9.17, 15) is 4.79 Å². The summed E-state index contributed by atoms with van der Waals surface area (Å²) in [6.07, 6.45) is 1.52. The van der Waals surface area contributed by atoms with Crippen LogP contribution in [0.1, 0.15) is 19.8 Å². The van der Waals surface area contributed by atoms with Crippen molar-refractivity contribution in [3.63, 3.8) is 0 Å². The molecule has 3 N–H and O–H groups in total. The Morgan fingerprint density at radius 2 is 2.11 bits per heavy atom. The second kappa shape index (κ2) is 6.86. The number of hydrogen-bond donors (Lipinski definition) is 2. The van der Waals surface area contributed by atoms with Crippen molar-refractivity contribution in [2.45, 2.75) is 25.8 Å². The van der Waals surface area contributed by atoms with Crippen molar-refractivity contribution >= 4 is 11.6 Å². The predicted octanol–water partition coefficient (Wildman–Crippen LogP) is 1.77. The Balaban J connectivity index is 2.84. The van der Waals surface area contributed by atoms with Crippen molar-refractivity contribution in [2.24, 2.45) is 5.73 Å². The van der Waals surface area contributed by atoms with Crippen LogP contribution in [0, 0.1) is 0 Å². The number of anilines is 1. The number of nitrogens with two attached hydrogens (primary N) is 1. The lowest BCUT2D eigenvalue weighted by atomic mass is 10.1. The summed E-state index contributed by atoms with van der Waals surface area (Å²) in [7, 11) is 3.11. The molecule has 1 aromatic rings. The molecule has 0 radical (unpaired) electrons. The number of carbonyl (C=O) groups excluding carboxylic acids is 1. The van der Waals surface area contributed by atoms with E-state index >= 15 is 0 Å². The Morgan fingerprint density at radius 1 is 1.39 bits per heavy atom. The lowest BCUT2D eigenvalue weighted by molar-refractivity contribution is -0.117. The van der Waals surface area contributed by atoms with Crippen LogP contribution in [0.3, 0.4) is 0 Å². The maximum Gasteiger partial charge on any atom is 0.241 e. The zero-order valence-electron chi connectivity index (χ0n) is 11.0. The molecule has 0 aliphatic heterocycles. The van der Waals surface area contributed by atoms with Crippen LogP contribution in [0.2, 0.25) is 0 Å². The van der Waals surface area contributed by atoms with E-state index in [0.717, 1.165) is 6.42 Å². The summed E-state index contributed by atoms with van der Waals surface area (Å²) in [5.74, 6) is 1.01. The summed E-state index contributed by atoms with van der Waals surface area (Å²) in [6.45, 7) is 1.99. The first-order valence-corrected chi connectivity index (χ1v) is 5.90. The van der Waals surface area contributed by atoms with Crippen molar-refractivity contribution in [1.82, 2.24) is 0 Å². The predicted molar refractivity (Wildman–Crippen MR) is 71.1 cm³/mol. The third kappa shape index (κ3) is 3.63. The fraction of sp³-hybridized carbons (Fsp3) is 0.462. The van der Waals surface area contributed by atoms with Crippen LogP contribution < -0.4 is 20.5 Å². The van der Waals surface area contributed by atoms with Gasteiger partial charge in [-0.2, -0.15) is 0 Å². The van der Waals surface area contributed by atoms with Crippen molar-refractivity contribution < 1.29 is 14.3 Å². The molecule has 0 saturated heterocycles. The molecule has 100 valence electrons. The first-order chi connectivity index (χ1) is 8.62. The molecule has 0 fully saturated rings. The van der Waals surface area contributed by atoms with Gasteiger partial charge in [0, 0.05) is 6.07 Å². The van der Waals surface area contributed by atoms with E-state index in [1.807, 2.05) is 6.92 Å². The van der Waals surface area contributed by atoms with Crippen LogP contribution in [0.15, 0.2) is 18.2 Å². The van der Waals surface area contributed by atoms with Gasteiger partial charge in [0.2, 0.25) is 5.91 Å². The molecular formula is C13H20N2O3. The van der Waals surface area contributed by atoms with Gasteiger partial charge in [-0.1, -0.05) is 13.3 Å². The minimum Gasteiger partial charge on any atom is -0.497 e. The van der Waals surface area contributed by atoms with Crippen LogP contribution in [0.5, 0.6) is 11.5 Å². The van der Waals surface area contributed by atoms with Gasteiger partial charge in [0.1, 0.15) is 11.5 Å². The van der Waals surface area contributed by atoms with E-state index in [2.05, 4.69) is 5.32 Å². The van der Waals surface area contributed by atoms with Gasteiger partial charge in [-0.3, -0.25) is 4.79 Å². The zero-order valence-corrected chi connectivity index (χ0v) is 11.0. The van der Waals surface area contributed by atoms with Gasteiger partial charge in [-0.25, -0.2) is 0 Å². The largest absolute Gasteiger partial charge is 0.497 e. The molecule has 18 heavy (non-hydrogen) atoms. The first-order valence-electron chi connectivity index (χ1n) is 5.90. The zero-order chi connectivity index (χ0) is 13.5. The SMILES string of the molecule is CCC[C@H](N)C(=O)Nc1cc(OC)ccc1OC. The highest BCUT2D eigenvalue weighted by atomic mass is 16.5. The summed E-state index contributed by atoms with van der Waals surface area (Å²) in [5, 5.41) is 2.75. The van der Waals surface area contributed by atoms with Crippen LogP contribution in [-0.4, -0.2) is 26.2 Å². The van der Waals surface area contributed by atoms with E-state index in [4.69, 9.17) is 15.2 Å². The Morgan fingerprint density at radius 3 is 2.67 bits per heavy atom. The first kappa shape index (κ1) is 14.3. The van der Waals surface area contributed by atoms with Crippen molar-refractivity contribution in [3.8, 4) is 11.5 Å². The van der Waals surface area contributed by atoms with Crippen molar-refractivity contribution in [3.05, 3.63) is 18.2 Å². The maximum absolute atomic E-state index is 11.8. The van der Waals surface area contributed by atoms with E-state index in [1.165, 1.54) is 0 Å². The van der Waals surface area contributed by atoms with Crippen LogP contribution in [0.25, 0.3) is 0 Å². The fourth-order valence-corrected chi connectivity index (χ4v) is 1.58. The topological polar surface area (TPSA) is 73.6 Å². The molecule has 5 heteroatoms. The van der Waals surface area contributed by atoms with E-state index in [-0.39, 0.29) is 5.91 Å². The number of methoxy groups -OCH3 is 2. The number of rotatable bonds is 6.